The summed E-state index contributed by atoms with van der Waals surface area (Å²) in [4.78, 5) is 0. The van der Waals surface area contributed by atoms with Crippen molar-refractivity contribution in [3.8, 4) is 0 Å². The van der Waals surface area contributed by atoms with Crippen LogP contribution in [0.5, 0.6) is 0 Å². The number of nitrogens with one attached hydrogen (secondary N) is 1. The fraction of sp³-hybridized carbons (Fsp3) is 1.00. The standard InChI is InChI=1S/C12H28N2O/c1-10(9-15-5)8-11(14-13)6-7-12(2,3)4/h10-11,14H,6-9,13H2,1-5H3. The second kappa shape index (κ2) is 7.20. The molecule has 0 rings (SSSR count). The van der Waals surface area contributed by atoms with Gasteiger partial charge in [-0.1, -0.05) is 27.7 Å². The molecule has 0 aromatic rings. The molecule has 0 bridgehead atoms. The molecule has 2 atom stereocenters. The quantitative estimate of drug-likeness (QED) is 0.507. The SMILES string of the molecule is COCC(C)CC(CCC(C)(C)C)NN. The Morgan fingerprint density at radius 1 is 1.33 bits per heavy atom. The van der Waals surface area contributed by atoms with Gasteiger partial charge in [0, 0.05) is 19.8 Å². The first kappa shape index (κ1) is 14.9. The number of hydrogen-bond donors (Lipinski definition) is 2. The zero-order valence-electron chi connectivity index (χ0n) is 11.0. The third-order valence-electron chi connectivity index (χ3n) is 2.62. The maximum absolute atomic E-state index is 5.56. The number of rotatable bonds is 7. The predicted molar refractivity (Wildman–Crippen MR) is 65.5 cm³/mol. The van der Waals surface area contributed by atoms with Crippen LogP contribution in [0, 0.1) is 11.3 Å². The van der Waals surface area contributed by atoms with Gasteiger partial charge in [-0.2, -0.15) is 0 Å². The predicted octanol–water partition coefficient (Wildman–Crippen LogP) is 2.32. The molecule has 0 spiro atoms. The molecule has 0 radical (unpaired) electrons. The number of hydrogen-bond acceptors (Lipinski definition) is 3. The van der Waals surface area contributed by atoms with Crippen molar-refractivity contribution in [2.24, 2.45) is 17.2 Å². The average Bonchev–Trinajstić information content (AvgIpc) is 2.11. The monoisotopic (exact) mass is 216 g/mol. The van der Waals surface area contributed by atoms with Gasteiger partial charge in [0.25, 0.3) is 0 Å². The normalized spacial score (nSPS) is 16.4. The Morgan fingerprint density at radius 2 is 1.93 bits per heavy atom. The van der Waals surface area contributed by atoms with E-state index in [1.807, 2.05) is 0 Å². The molecule has 15 heavy (non-hydrogen) atoms. The zero-order valence-corrected chi connectivity index (χ0v) is 11.0. The van der Waals surface area contributed by atoms with E-state index in [1.54, 1.807) is 7.11 Å². The molecule has 0 aliphatic heterocycles. The third-order valence-corrected chi connectivity index (χ3v) is 2.62. The van der Waals surface area contributed by atoms with Gasteiger partial charge in [-0.05, 0) is 30.6 Å². The summed E-state index contributed by atoms with van der Waals surface area (Å²) in [6.45, 7) is 9.80. The molecule has 0 heterocycles. The number of nitrogens with two attached hydrogens (primary N) is 1. The fourth-order valence-corrected chi connectivity index (χ4v) is 1.71. The van der Waals surface area contributed by atoms with Gasteiger partial charge in [-0.3, -0.25) is 11.3 Å². The van der Waals surface area contributed by atoms with Crippen molar-refractivity contribution in [2.75, 3.05) is 13.7 Å². The molecule has 0 fully saturated rings. The average molecular weight is 216 g/mol. The van der Waals surface area contributed by atoms with E-state index in [4.69, 9.17) is 10.6 Å². The number of hydrazine groups is 1. The molecule has 0 saturated carbocycles. The van der Waals surface area contributed by atoms with Gasteiger partial charge < -0.3 is 4.74 Å². The molecule has 0 saturated heterocycles. The zero-order chi connectivity index (χ0) is 11.9. The maximum atomic E-state index is 5.56. The van der Waals surface area contributed by atoms with Crippen molar-refractivity contribution < 1.29 is 4.74 Å². The van der Waals surface area contributed by atoms with Crippen molar-refractivity contribution in [2.45, 2.75) is 53.0 Å². The van der Waals surface area contributed by atoms with E-state index in [9.17, 15) is 0 Å². The molecular weight excluding hydrogens is 188 g/mol. The first-order valence-electron chi connectivity index (χ1n) is 5.84. The Balaban J connectivity index is 3.82. The molecule has 0 aliphatic rings. The second-order valence-electron chi connectivity index (χ2n) is 5.76. The van der Waals surface area contributed by atoms with Crippen molar-refractivity contribution in [3.63, 3.8) is 0 Å². The summed E-state index contributed by atoms with van der Waals surface area (Å²) in [6.07, 6.45) is 3.41. The van der Waals surface area contributed by atoms with Gasteiger partial charge in [-0.15, -0.1) is 0 Å². The summed E-state index contributed by atoms with van der Waals surface area (Å²) >= 11 is 0. The van der Waals surface area contributed by atoms with E-state index in [1.165, 1.54) is 6.42 Å². The summed E-state index contributed by atoms with van der Waals surface area (Å²) in [5.74, 6) is 6.12. The summed E-state index contributed by atoms with van der Waals surface area (Å²) < 4.78 is 5.13. The van der Waals surface area contributed by atoms with Crippen LogP contribution >= 0.6 is 0 Å². The summed E-state index contributed by atoms with van der Waals surface area (Å²) in [5.41, 5.74) is 3.30. The van der Waals surface area contributed by atoms with E-state index in [-0.39, 0.29) is 0 Å². The van der Waals surface area contributed by atoms with Gasteiger partial charge in [0.2, 0.25) is 0 Å². The van der Waals surface area contributed by atoms with Crippen LogP contribution in [0.2, 0.25) is 0 Å². The van der Waals surface area contributed by atoms with Crippen molar-refractivity contribution in [3.05, 3.63) is 0 Å². The van der Waals surface area contributed by atoms with E-state index in [2.05, 4.69) is 33.1 Å². The van der Waals surface area contributed by atoms with Crippen LogP contribution in [0.4, 0.5) is 0 Å². The first-order chi connectivity index (χ1) is 6.89. The van der Waals surface area contributed by atoms with Crippen LogP contribution in [-0.4, -0.2) is 19.8 Å². The molecule has 3 heteroatoms. The Hall–Kier alpha value is -0.120. The molecule has 3 nitrogen and oxygen atoms in total. The highest BCUT2D eigenvalue weighted by Gasteiger charge is 2.16. The highest BCUT2D eigenvalue weighted by molar-refractivity contribution is 4.71. The van der Waals surface area contributed by atoms with Crippen LogP contribution in [0.15, 0.2) is 0 Å². The summed E-state index contributed by atoms with van der Waals surface area (Å²) in [5, 5.41) is 0. The summed E-state index contributed by atoms with van der Waals surface area (Å²) in [6, 6.07) is 0.411. The fourth-order valence-electron chi connectivity index (χ4n) is 1.71. The maximum Gasteiger partial charge on any atom is 0.0488 e. The highest BCUT2D eigenvalue weighted by Crippen LogP contribution is 2.23. The van der Waals surface area contributed by atoms with Gasteiger partial charge in [0.05, 0.1) is 0 Å². The molecular formula is C12H28N2O. The van der Waals surface area contributed by atoms with Crippen LogP contribution < -0.4 is 11.3 Å². The Labute approximate surface area is 94.7 Å². The van der Waals surface area contributed by atoms with Crippen LogP contribution in [-0.2, 0) is 4.74 Å². The van der Waals surface area contributed by atoms with Gasteiger partial charge in [0.1, 0.15) is 0 Å². The lowest BCUT2D eigenvalue weighted by atomic mass is 9.87. The summed E-state index contributed by atoms with van der Waals surface area (Å²) in [7, 11) is 1.75. The molecule has 3 N–H and O–H groups in total. The minimum absolute atomic E-state index is 0.388. The van der Waals surface area contributed by atoms with Crippen molar-refractivity contribution in [1.29, 1.82) is 0 Å². The Bertz CT molecular complexity index is 154. The topological polar surface area (TPSA) is 47.3 Å². The minimum atomic E-state index is 0.388. The molecule has 0 aromatic carbocycles. The first-order valence-corrected chi connectivity index (χ1v) is 5.84. The van der Waals surface area contributed by atoms with E-state index in [0.29, 0.717) is 17.4 Å². The van der Waals surface area contributed by atoms with Crippen LogP contribution in [0.1, 0.15) is 47.0 Å². The van der Waals surface area contributed by atoms with Gasteiger partial charge in [-0.25, -0.2) is 0 Å². The van der Waals surface area contributed by atoms with Gasteiger partial charge >= 0.3 is 0 Å². The number of methoxy groups -OCH3 is 1. The number of ether oxygens (including phenoxy) is 1. The van der Waals surface area contributed by atoms with Crippen LogP contribution in [0.25, 0.3) is 0 Å². The van der Waals surface area contributed by atoms with E-state index in [0.717, 1.165) is 19.4 Å². The van der Waals surface area contributed by atoms with Crippen molar-refractivity contribution >= 4 is 0 Å². The Kier molecular flexibility index (Phi) is 7.14. The van der Waals surface area contributed by atoms with Gasteiger partial charge in [0.15, 0.2) is 0 Å². The van der Waals surface area contributed by atoms with Crippen molar-refractivity contribution in [1.82, 2.24) is 5.43 Å². The molecule has 92 valence electrons. The third kappa shape index (κ3) is 8.85. The lowest BCUT2D eigenvalue weighted by Crippen LogP contribution is -2.37. The molecule has 0 aromatic heterocycles. The highest BCUT2D eigenvalue weighted by atomic mass is 16.5. The second-order valence-corrected chi connectivity index (χ2v) is 5.76. The van der Waals surface area contributed by atoms with E-state index < -0.39 is 0 Å². The molecule has 0 amide bonds. The largest absolute Gasteiger partial charge is 0.384 e. The lowest BCUT2D eigenvalue weighted by molar-refractivity contribution is 0.147. The Morgan fingerprint density at radius 3 is 2.33 bits per heavy atom. The van der Waals surface area contributed by atoms with Crippen LogP contribution in [0.3, 0.4) is 0 Å². The molecule has 2 unspecified atom stereocenters. The minimum Gasteiger partial charge on any atom is -0.384 e. The molecule has 0 aliphatic carbocycles. The smallest absolute Gasteiger partial charge is 0.0488 e. The van der Waals surface area contributed by atoms with E-state index >= 15 is 0 Å². The lowest BCUT2D eigenvalue weighted by Gasteiger charge is -2.24.